The van der Waals surface area contributed by atoms with Gasteiger partial charge in [0, 0.05) is 18.0 Å². The maximum Gasteiger partial charge on any atom is 0.146 e. The number of rotatable bonds is 4. The predicted octanol–water partition coefficient (Wildman–Crippen LogP) is 3.52. The lowest BCUT2D eigenvalue weighted by Gasteiger charge is -2.04. The maximum atomic E-state index is 13.2. The van der Waals surface area contributed by atoms with E-state index in [1.807, 2.05) is 12.1 Å². The molecule has 0 aliphatic carbocycles. The number of benzene rings is 1. The van der Waals surface area contributed by atoms with Crippen LogP contribution >= 0.6 is 27.3 Å². The molecular weight excluding hydrogens is 303 g/mol. The fraction of sp³-hybridized carbons (Fsp3) is 0.167. The molecule has 3 N–H and O–H groups in total. The van der Waals surface area contributed by atoms with Crippen LogP contribution in [0.5, 0.6) is 0 Å². The highest BCUT2D eigenvalue weighted by molar-refractivity contribution is 9.11. The average molecular weight is 315 g/mol. The number of halogens is 2. The van der Waals surface area contributed by atoms with E-state index in [-0.39, 0.29) is 11.5 Å². The number of nitrogens with two attached hydrogens (primary N) is 1. The Kier molecular flexibility index (Phi) is 4.15. The van der Waals surface area contributed by atoms with Gasteiger partial charge in [0.15, 0.2) is 0 Å². The monoisotopic (exact) mass is 314 g/mol. The largest absolute Gasteiger partial charge is 0.396 e. The molecule has 5 heteroatoms. The number of thiophene rings is 1. The molecular formula is C12H12BrFN2S. The topological polar surface area (TPSA) is 38.0 Å². The molecule has 17 heavy (non-hydrogen) atoms. The van der Waals surface area contributed by atoms with Gasteiger partial charge in [-0.2, -0.15) is 0 Å². The van der Waals surface area contributed by atoms with Crippen molar-refractivity contribution in [1.29, 1.82) is 0 Å². The fourth-order valence-corrected chi connectivity index (χ4v) is 2.91. The summed E-state index contributed by atoms with van der Waals surface area (Å²) < 4.78 is 14.3. The van der Waals surface area contributed by atoms with Crippen molar-refractivity contribution in [2.45, 2.75) is 13.1 Å². The molecule has 0 aliphatic rings. The van der Waals surface area contributed by atoms with Gasteiger partial charge < -0.3 is 11.1 Å². The molecule has 1 aromatic heterocycles. The molecule has 2 aromatic rings. The van der Waals surface area contributed by atoms with Crippen LogP contribution in [-0.4, -0.2) is 0 Å². The molecule has 0 amide bonds. The number of hydrogen-bond donors (Lipinski definition) is 2. The van der Waals surface area contributed by atoms with Gasteiger partial charge in [-0.15, -0.1) is 11.3 Å². The van der Waals surface area contributed by atoms with Crippen LogP contribution in [0.1, 0.15) is 10.4 Å². The first kappa shape index (κ1) is 12.5. The molecule has 0 fully saturated rings. The molecule has 2 rings (SSSR count). The van der Waals surface area contributed by atoms with Crippen molar-refractivity contribution >= 4 is 33.0 Å². The van der Waals surface area contributed by atoms with Crippen molar-refractivity contribution in [2.24, 2.45) is 0 Å². The normalized spacial score (nSPS) is 10.7. The van der Waals surface area contributed by atoms with Gasteiger partial charge in [-0.05, 0) is 45.8 Å². The summed E-state index contributed by atoms with van der Waals surface area (Å²) in [5.74, 6) is -0.358. The Balaban J connectivity index is 1.87. The molecule has 0 spiro atoms. The molecule has 0 saturated carbocycles. The number of nitrogens with one attached hydrogen (secondary N) is 1. The quantitative estimate of drug-likeness (QED) is 0.847. The third-order valence-corrected chi connectivity index (χ3v) is 3.95. The zero-order valence-corrected chi connectivity index (χ0v) is 11.4. The van der Waals surface area contributed by atoms with Crippen LogP contribution in [0, 0.1) is 5.82 Å². The lowest BCUT2D eigenvalue weighted by atomic mass is 10.2. The highest BCUT2D eigenvalue weighted by Gasteiger charge is 2.01. The second kappa shape index (κ2) is 5.62. The van der Waals surface area contributed by atoms with Crippen molar-refractivity contribution in [3.05, 3.63) is 50.4 Å². The van der Waals surface area contributed by atoms with Crippen molar-refractivity contribution in [2.75, 3.05) is 5.73 Å². The SMILES string of the molecule is Nc1ccc(CNCc2ccc(Br)s2)cc1F. The summed E-state index contributed by atoms with van der Waals surface area (Å²) in [7, 11) is 0. The molecule has 0 radical (unpaired) electrons. The minimum absolute atomic E-state index is 0.191. The van der Waals surface area contributed by atoms with E-state index >= 15 is 0 Å². The standard InChI is InChI=1S/C12H12BrFN2S/c13-12-4-2-9(17-12)7-16-6-8-1-3-11(15)10(14)5-8/h1-5,16H,6-7,15H2. The second-order valence-corrected chi connectivity index (χ2v) is 6.21. The lowest BCUT2D eigenvalue weighted by Crippen LogP contribution is -2.12. The second-order valence-electron chi connectivity index (χ2n) is 3.67. The fourth-order valence-electron chi connectivity index (χ4n) is 1.46. The Morgan fingerprint density at radius 3 is 2.71 bits per heavy atom. The Morgan fingerprint density at radius 2 is 2.06 bits per heavy atom. The zero-order chi connectivity index (χ0) is 12.3. The molecule has 90 valence electrons. The Bertz CT molecular complexity index is 513. The van der Waals surface area contributed by atoms with Crippen LogP contribution in [0.4, 0.5) is 10.1 Å². The molecule has 0 unspecified atom stereocenters. The summed E-state index contributed by atoms with van der Waals surface area (Å²) >= 11 is 5.10. The van der Waals surface area contributed by atoms with Gasteiger partial charge in [-0.3, -0.25) is 0 Å². The van der Waals surface area contributed by atoms with Gasteiger partial charge in [-0.25, -0.2) is 4.39 Å². The third-order valence-electron chi connectivity index (χ3n) is 2.32. The number of nitrogen functional groups attached to an aromatic ring is 1. The van der Waals surface area contributed by atoms with E-state index in [0.717, 1.165) is 15.9 Å². The molecule has 1 aromatic carbocycles. The summed E-state index contributed by atoms with van der Waals surface area (Å²) in [5, 5.41) is 3.26. The minimum Gasteiger partial charge on any atom is -0.396 e. The van der Waals surface area contributed by atoms with Crippen molar-refractivity contribution in [1.82, 2.24) is 5.32 Å². The van der Waals surface area contributed by atoms with Gasteiger partial charge >= 0.3 is 0 Å². The zero-order valence-electron chi connectivity index (χ0n) is 9.04. The summed E-state index contributed by atoms with van der Waals surface area (Å²) in [4.78, 5) is 1.24. The first-order valence-electron chi connectivity index (χ1n) is 5.14. The highest BCUT2D eigenvalue weighted by Crippen LogP contribution is 2.21. The lowest BCUT2D eigenvalue weighted by molar-refractivity contribution is 0.625. The van der Waals surface area contributed by atoms with Crippen molar-refractivity contribution in [3.63, 3.8) is 0 Å². The van der Waals surface area contributed by atoms with Crippen molar-refractivity contribution in [3.8, 4) is 0 Å². The van der Waals surface area contributed by atoms with Crippen LogP contribution in [0.15, 0.2) is 34.1 Å². The van der Waals surface area contributed by atoms with Gasteiger partial charge in [0.2, 0.25) is 0 Å². The van der Waals surface area contributed by atoms with E-state index < -0.39 is 0 Å². The summed E-state index contributed by atoms with van der Waals surface area (Å²) in [6.07, 6.45) is 0. The van der Waals surface area contributed by atoms with Gasteiger partial charge in [0.05, 0.1) is 9.47 Å². The van der Waals surface area contributed by atoms with Gasteiger partial charge in [-0.1, -0.05) is 6.07 Å². The van der Waals surface area contributed by atoms with E-state index in [9.17, 15) is 4.39 Å². The smallest absolute Gasteiger partial charge is 0.146 e. The molecule has 2 nitrogen and oxygen atoms in total. The van der Waals surface area contributed by atoms with Gasteiger partial charge in [0.1, 0.15) is 5.82 Å². The van der Waals surface area contributed by atoms with Crippen LogP contribution in [-0.2, 0) is 13.1 Å². The van der Waals surface area contributed by atoms with Crippen molar-refractivity contribution < 1.29 is 4.39 Å². The first-order valence-corrected chi connectivity index (χ1v) is 6.75. The average Bonchev–Trinajstić information content (AvgIpc) is 2.70. The summed E-state index contributed by atoms with van der Waals surface area (Å²) in [6, 6.07) is 8.96. The molecule has 0 atom stereocenters. The summed E-state index contributed by atoms with van der Waals surface area (Å²) in [5.41, 5.74) is 6.50. The van der Waals surface area contributed by atoms with E-state index in [1.165, 1.54) is 10.9 Å². The maximum absolute atomic E-state index is 13.2. The van der Waals surface area contributed by atoms with Gasteiger partial charge in [0.25, 0.3) is 0 Å². The van der Waals surface area contributed by atoms with E-state index in [1.54, 1.807) is 17.4 Å². The predicted molar refractivity (Wildman–Crippen MR) is 73.4 cm³/mol. The Morgan fingerprint density at radius 1 is 1.24 bits per heavy atom. The van der Waals surface area contributed by atoms with E-state index in [4.69, 9.17) is 5.73 Å². The number of anilines is 1. The van der Waals surface area contributed by atoms with E-state index in [2.05, 4.69) is 27.3 Å². The Labute approximate surface area is 112 Å². The molecule has 1 heterocycles. The van der Waals surface area contributed by atoms with Crippen LogP contribution in [0.25, 0.3) is 0 Å². The first-order chi connectivity index (χ1) is 8.15. The van der Waals surface area contributed by atoms with Crippen LogP contribution < -0.4 is 11.1 Å². The molecule has 0 bridgehead atoms. The minimum atomic E-state index is -0.358. The Hall–Kier alpha value is -0.910. The van der Waals surface area contributed by atoms with E-state index in [0.29, 0.717) is 6.54 Å². The molecule has 0 aliphatic heterocycles. The highest BCUT2D eigenvalue weighted by atomic mass is 79.9. The summed E-state index contributed by atoms with van der Waals surface area (Å²) in [6.45, 7) is 1.41. The molecule has 0 saturated heterocycles. The third kappa shape index (κ3) is 3.52. The van der Waals surface area contributed by atoms with Crippen LogP contribution in [0.3, 0.4) is 0 Å². The number of hydrogen-bond acceptors (Lipinski definition) is 3. The van der Waals surface area contributed by atoms with Crippen LogP contribution in [0.2, 0.25) is 0 Å².